The fraction of sp³-hybridized carbons (Fsp3) is 0.280. The van der Waals surface area contributed by atoms with Gasteiger partial charge in [0, 0.05) is 30.4 Å². The van der Waals surface area contributed by atoms with Crippen molar-refractivity contribution in [1.82, 2.24) is 24.6 Å². The highest BCUT2D eigenvalue weighted by atomic mass is 19.1. The van der Waals surface area contributed by atoms with Gasteiger partial charge in [-0.05, 0) is 56.2 Å². The Morgan fingerprint density at radius 1 is 1.21 bits per heavy atom. The Morgan fingerprint density at radius 3 is 2.68 bits per heavy atom. The molecule has 4 aromatic rings. The summed E-state index contributed by atoms with van der Waals surface area (Å²) in [4.78, 5) is 21.6. The summed E-state index contributed by atoms with van der Waals surface area (Å²) >= 11 is 0. The number of hydrogen-bond donors (Lipinski definition) is 1. The van der Waals surface area contributed by atoms with Gasteiger partial charge in [0.25, 0.3) is 0 Å². The zero-order valence-electron chi connectivity index (χ0n) is 18.9. The van der Waals surface area contributed by atoms with E-state index in [4.69, 9.17) is 4.42 Å². The van der Waals surface area contributed by atoms with Crippen LogP contribution in [0, 0.1) is 5.82 Å². The maximum Gasteiger partial charge on any atom is 0.230 e. The van der Waals surface area contributed by atoms with Crippen LogP contribution in [0.3, 0.4) is 0 Å². The lowest BCUT2D eigenvalue weighted by Crippen LogP contribution is -2.26. The predicted octanol–water partition coefficient (Wildman–Crippen LogP) is 3.91. The number of rotatable bonds is 6. The van der Waals surface area contributed by atoms with E-state index in [1.165, 1.54) is 18.5 Å². The zero-order valence-corrected chi connectivity index (χ0v) is 18.9. The maximum atomic E-state index is 13.6. The Hall–Kier alpha value is -3.85. The standard InChI is InChI=1S/C25H24FN5O3/c1-25(2,33)13-31-12-20(22(29-31)17-3-5-18(26)6-4-17)23-19-11-21(34-24(19)28-14-27-23)16-7-9-30(15-32)10-8-16/h3-7,11-12,14-15,33H,8-10,13H2,1-2H3. The van der Waals surface area contributed by atoms with Crippen molar-refractivity contribution in [2.75, 3.05) is 13.1 Å². The van der Waals surface area contributed by atoms with E-state index in [1.807, 2.05) is 18.3 Å². The van der Waals surface area contributed by atoms with Crippen molar-refractivity contribution in [3.05, 3.63) is 60.5 Å². The first-order valence-electron chi connectivity index (χ1n) is 11.0. The van der Waals surface area contributed by atoms with Gasteiger partial charge in [0.15, 0.2) is 0 Å². The fourth-order valence-electron chi connectivity index (χ4n) is 4.13. The Morgan fingerprint density at radius 2 is 2.00 bits per heavy atom. The number of aliphatic hydroxyl groups is 1. The number of fused-ring (bicyclic) bond motifs is 1. The van der Waals surface area contributed by atoms with E-state index in [2.05, 4.69) is 15.1 Å². The van der Waals surface area contributed by atoms with Crippen molar-refractivity contribution in [1.29, 1.82) is 0 Å². The fourth-order valence-corrected chi connectivity index (χ4v) is 4.13. The van der Waals surface area contributed by atoms with Crippen LogP contribution in [0.2, 0.25) is 0 Å². The van der Waals surface area contributed by atoms with E-state index in [-0.39, 0.29) is 12.4 Å². The van der Waals surface area contributed by atoms with Crippen LogP contribution in [-0.2, 0) is 11.3 Å². The molecule has 0 bridgehead atoms. The summed E-state index contributed by atoms with van der Waals surface area (Å²) in [6.07, 6.45) is 6.78. The molecule has 174 valence electrons. The second-order valence-electron chi connectivity index (χ2n) is 9.04. The van der Waals surface area contributed by atoms with Crippen LogP contribution in [0.5, 0.6) is 0 Å². The molecule has 8 nitrogen and oxygen atoms in total. The molecule has 1 N–H and O–H groups in total. The molecule has 0 saturated heterocycles. The number of nitrogens with zero attached hydrogens (tertiary/aromatic N) is 5. The quantitative estimate of drug-likeness (QED) is 0.437. The number of furan rings is 1. The molecule has 0 atom stereocenters. The Kier molecular flexibility index (Phi) is 5.49. The lowest BCUT2D eigenvalue weighted by atomic mass is 10.0. The first kappa shape index (κ1) is 22.0. The molecule has 1 aromatic carbocycles. The number of amides is 1. The second-order valence-corrected chi connectivity index (χ2v) is 9.04. The molecule has 9 heteroatoms. The largest absolute Gasteiger partial charge is 0.438 e. The van der Waals surface area contributed by atoms with Crippen LogP contribution < -0.4 is 0 Å². The summed E-state index contributed by atoms with van der Waals surface area (Å²) in [5.41, 5.74) is 3.18. The first-order valence-corrected chi connectivity index (χ1v) is 11.0. The lowest BCUT2D eigenvalue weighted by molar-refractivity contribution is -0.117. The summed E-state index contributed by atoms with van der Waals surface area (Å²) in [5.74, 6) is 0.355. The molecule has 0 spiro atoms. The summed E-state index contributed by atoms with van der Waals surface area (Å²) in [7, 11) is 0. The highest BCUT2D eigenvalue weighted by Gasteiger charge is 2.23. The minimum atomic E-state index is -0.976. The third-order valence-electron chi connectivity index (χ3n) is 5.72. The van der Waals surface area contributed by atoms with Crippen molar-refractivity contribution >= 4 is 23.1 Å². The molecule has 0 unspecified atom stereocenters. The molecule has 0 fully saturated rings. The van der Waals surface area contributed by atoms with E-state index in [0.29, 0.717) is 42.4 Å². The van der Waals surface area contributed by atoms with Crippen LogP contribution in [0.25, 0.3) is 39.2 Å². The summed E-state index contributed by atoms with van der Waals surface area (Å²) in [6.45, 7) is 4.85. The molecule has 3 aromatic heterocycles. The molecule has 5 rings (SSSR count). The van der Waals surface area contributed by atoms with Crippen LogP contribution in [0.15, 0.2) is 53.3 Å². The molecule has 1 aliphatic heterocycles. The van der Waals surface area contributed by atoms with Crippen LogP contribution in [0.4, 0.5) is 4.39 Å². The van der Waals surface area contributed by atoms with Crippen molar-refractivity contribution in [2.24, 2.45) is 0 Å². The van der Waals surface area contributed by atoms with E-state index < -0.39 is 5.60 Å². The highest BCUT2D eigenvalue weighted by molar-refractivity contribution is 5.95. The molecule has 0 saturated carbocycles. The lowest BCUT2D eigenvalue weighted by Gasteiger charge is -2.21. The van der Waals surface area contributed by atoms with Gasteiger partial charge in [0.05, 0.1) is 23.2 Å². The second kappa shape index (κ2) is 8.49. The van der Waals surface area contributed by atoms with Crippen molar-refractivity contribution in [3.8, 4) is 22.5 Å². The molecule has 34 heavy (non-hydrogen) atoms. The van der Waals surface area contributed by atoms with Gasteiger partial charge in [-0.25, -0.2) is 14.4 Å². The average molecular weight is 461 g/mol. The highest BCUT2D eigenvalue weighted by Crippen LogP contribution is 2.36. The van der Waals surface area contributed by atoms with E-state index in [1.54, 1.807) is 35.6 Å². The average Bonchev–Trinajstić information content (AvgIpc) is 3.43. The van der Waals surface area contributed by atoms with Gasteiger partial charge in [-0.1, -0.05) is 6.08 Å². The number of aromatic nitrogens is 4. The minimum Gasteiger partial charge on any atom is -0.438 e. The van der Waals surface area contributed by atoms with Gasteiger partial charge >= 0.3 is 0 Å². The first-order chi connectivity index (χ1) is 16.3. The van der Waals surface area contributed by atoms with Crippen molar-refractivity contribution in [2.45, 2.75) is 32.4 Å². The topological polar surface area (TPSA) is 97.3 Å². The van der Waals surface area contributed by atoms with Gasteiger partial charge in [0.2, 0.25) is 12.1 Å². The summed E-state index contributed by atoms with van der Waals surface area (Å²) < 4.78 is 21.3. The minimum absolute atomic E-state index is 0.270. The number of halogens is 1. The van der Waals surface area contributed by atoms with Crippen molar-refractivity contribution < 1.29 is 18.7 Å². The molecule has 4 heterocycles. The molecular formula is C25H24FN5O3. The van der Waals surface area contributed by atoms with E-state index in [0.717, 1.165) is 28.5 Å². The normalized spacial score (nSPS) is 14.5. The van der Waals surface area contributed by atoms with Crippen LogP contribution >= 0.6 is 0 Å². The van der Waals surface area contributed by atoms with Crippen LogP contribution in [0.1, 0.15) is 26.0 Å². The zero-order chi connectivity index (χ0) is 23.9. The smallest absolute Gasteiger partial charge is 0.230 e. The van der Waals surface area contributed by atoms with Gasteiger partial charge in [-0.15, -0.1) is 0 Å². The third kappa shape index (κ3) is 4.34. The molecule has 1 amide bonds. The predicted molar refractivity (Wildman–Crippen MR) is 125 cm³/mol. The Bertz CT molecular complexity index is 1380. The molecule has 1 aliphatic rings. The summed E-state index contributed by atoms with van der Waals surface area (Å²) in [6, 6.07) is 8.02. The van der Waals surface area contributed by atoms with Crippen molar-refractivity contribution in [3.63, 3.8) is 0 Å². The van der Waals surface area contributed by atoms with Gasteiger partial charge < -0.3 is 14.4 Å². The maximum absolute atomic E-state index is 13.6. The SMILES string of the molecule is CC(C)(O)Cn1cc(-c2ncnc3oc(C4=CCN(C=O)CC4)cc23)c(-c2ccc(F)cc2)n1. The van der Waals surface area contributed by atoms with Crippen LogP contribution in [-0.4, -0.2) is 54.9 Å². The number of carbonyl (C=O) groups is 1. The Balaban J connectivity index is 1.62. The molecular weight excluding hydrogens is 437 g/mol. The monoisotopic (exact) mass is 461 g/mol. The molecule has 0 aliphatic carbocycles. The van der Waals surface area contributed by atoms with E-state index in [9.17, 15) is 14.3 Å². The number of hydrogen-bond acceptors (Lipinski definition) is 6. The van der Waals surface area contributed by atoms with E-state index >= 15 is 0 Å². The molecule has 0 radical (unpaired) electrons. The third-order valence-corrected chi connectivity index (χ3v) is 5.72. The number of carbonyl (C=O) groups excluding carboxylic acids is 1. The van der Waals surface area contributed by atoms with Gasteiger partial charge in [-0.2, -0.15) is 5.10 Å². The number of benzene rings is 1. The Labute approximate surface area is 195 Å². The summed E-state index contributed by atoms with van der Waals surface area (Å²) in [5, 5.41) is 15.7. The van der Waals surface area contributed by atoms with Gasteiger partial charge in [-0.3, -0.25) is 9.48 Å². The van der Waals surface area contributed by atoms with Gasteiger partial charge in [0.1, 0.15) is 23.6 Å².